The molecule has 24 heavy (non-hydrogen) atoms. The number of carbonyl (C=O) groups excluding carboxylic acids is 2. The van der Waals surface area contributed by atoms with Crippen LogP contribution in [-0.4, -0.2) is 23.6 Å². The molecule has 2 rings (SSSR count). The van der Waals surface area contributed by atoms with Crippen molar-refractivity contribution in [2.24, 2.45) is 0 Å². The number of carbonyl (C=O) groups is 2. The van der Waals surface area contributed by atoms with Crippen LogP contribution in [0.5, 0.6) is 0 Å². The molecule has 1 amide bonds. The third kappa shape index (κ3) is 5.08. The second-order valence-corrected chi connectivity index (χ2v) is 5.70. The quantitative estimate of drug-likeness (QED) is 0.788. The fraction of sp³-hybridized carbons (Fsp3) is 0.222. The Kier molecular flexibility index (Phi) is 6.35. The Balaban J connectivity index is 1.83. The highest BCUT2D eigenvalue weighted by atomic mass is 35.5. The van der Waals surface area contributed by atoms with E-state index in [1.165, 1.54) is 0 Å². The van der Waals surface area contributed by atoms with Crippen LogP contribution in [0.4, 0.5) is 0 Å². The van der Waals surface area contributed by atoms with Crippen LogP contribution in [0.15, 0.2) is 54.6 Å². The minimum absolute atomic E-state index is 0.283. The number of nitrogens with one attached hydrogen (secondary N) is 1. The van der Waals surface area contributed by atoms with Gasteiger partial charge in [0.2, 0.25) is 0 Å². The molecule has 2 aromatic rings. The zero-order valence-electron chi connectivity index (χ0n) is 13.1. The fourth-order valence-electron chi connectivity index (χ4n) is 2.13. The summed E-state index contributed by atoms with van der Waals surface area (Å²) in [7, 11) is 0. The maximum absolute atomic E-state index is 11.9. The second kappa shape index (κ2) is 8.47. The molecule has 5 nitrogen and oxygen atoms in total. The molecule has 0 bridgehead atoms. The fourth-order valence-corrected chi connectivity index (χ4v) is 2.33. The molecule has 0 saturated carbocycles. The summed E-state index contributed by atoms with van der Waals surface area (Å²) in [6, 6.07) is 15.2. The van der Waals surface area contributed by atoms with E-state index in [4.69, 9.17) is 16.3 Å². The Morgan fingerprint density at radius 2 is 1.79 bits per heavy atom. The van der Waals surface area contributed by atoms with Gasteiger partial charge in [-0.15, -0.1) is 0 Å². The van der Waals surface area contributed by atoms with Crippen LogP contribution in [0.25, 0.3) is 0 Å². The van der Waals surface area contributed by atoms with Gasteiger partial charge in [0.25, 0.3) is 5.91 Å². The maximum atomic E-state index is 11.9. The zero-order valence-corrected chi connectivity index (χ0v) is 13.9. The molecule has 2 atom stereocenters. The molecule has 0 spiro atoms. The number of amides is 1. The molecule has 2 aromatic carbocycles. The van der Waals surface area contributed by atoms with Crippen LogP contribution >= 0.6 is 11.6 Å². The molecule has 0 heterocycles. The van der Waals surface area contributed by atoms with Crippen molar-refractivity contribution in [3.63, 3.8) is 0 Å². The van der Waals surface area contributed by atoms with Gasteiger partial charge < -0.3 is 15.2 Å². The van der Waals surface area contributed by atoms with Crippen molar-refractivity contribution in [1.29, 1.82) is 0 Å². The van der Waals surface area contributed by atoms with Crippen LogP contribution in [0, 0.1) is 0 Å². The average molecular weight is 348 g/mol. The highest BCUT2D eigenvalue weighted by Gasteiger charge is 2.20. The van der Waals surface area contributed by atoms with Crippen molar-refractivity contribution in [2.75, 3.05) is 6.61 Å². The van der Waals surface area contributed by atoms with E-state index in [-0.39, 0.29) is 6.04 Å². The van der Waals surface area contributed by atoms with Gasteiger partial charge in [0.05, 0.1) is 6.04 Å². The Labute approximate surface area is 145 Å². The molecule has 0 saturated heterocycles. The van der Waals surface area contributed by atoms with Gasteiger partial charge in [0, 0.05) is 5.02 Å². The summed E-state index contributed by atoms with van der Waals surface area (Å²) in [4.78, 5) is 23.7. The summed E-state index contributed by atoms with van der Waals surface area (Å²) < 4.78 is 4.85. The predicted octanol–water partition coefficient (Wildman–Crippen LogP) is 2.79. The number of halogens is 1. The third-order valence-corrected chi connectivity index (χ3v) is 3.65. The molecule has 0 fully saturated rings. The number of aliphatic hydroxyl groups is 1. The van der Waals surface area contributed by atoms with Crippen molar-refractivity contribution in [2.45, 2.75) is 19.1 Å². The van der Waals surface area contributed by atoms with Gasteiger partial charge in [-0.2, -0.15) is 0 Å². The molecule has 0 aliphatic carbocycles. The van der Waals surface area contributed by atoms with Gasteiger partial charge >= 0.3 is 5.97 Å². The first-order valence-corrected chi connectivity index (χ1v) is 7.79. The smallest absolute Gasteiger partial charge is 0.340 e. The van der Waals surface area contributed by atoms with Crippen molar-refractivity contribution in [3.05, 3.63) is 70.7 Å². The predicted molar refractivity (Wildman–Crippen MR) is 90.4 cm³/mol. The summed E-state index contributed by atoms with van der Waals surface area (Å²) in [5.41, 5.74) is 1.25. The van der Waals surface area contributed by atoms with Crippen molar-refractivity contribution in [1.82, 2.24) is 5.32 Å². The van der Waals surface area contributed by atoms with Gasteiger partial charge in [-0.05, 0) is 30.2 Å². The van der Waals surface area contributed by atoms with Crippen LogP contribution in [0.2, 0.25) is 5.02 Å². The van der Waals surface area contributed by atoms with Crippen LogP contribution in [0.1, 0.15) is 30.2 Å². The van der Waals surface area contributed by atoms with Gasteiger partial charge in [0.15, 0.2) is 12.7 Å². The Hall–Kier alpha value is -2.37. The van der Waals surface area contributed by atoms with Crippen LogP contribution in [-0.2, 0) is 14.3 Å². The lowest BCUT2D eigenvalue weighted by atomic mass is 10.1. The lowest BCUT2D eigenvalue weighted by Crippen LogP contribution is -2.32. The molecule has 0 unspecified atom stereocenters. The first-order chi connectivity index (χ1) is 11.5. The minimum Gasteiger partial charge on any atom is -0.453 e. The second-order valence-electron chi connectivity index (χ2n) is 5.27. The summed E-state index contributed by atoms with van der Waals surface area (Å²) in [5.74, 6) is -1.33. The molecule has 0 aliphatic rings. The molecule has 2 N–H and O–H groups in total. The number of esters is 1. The molecule has 0 aromatic heterocycles. The molecule has 0 radical (unpaired) electrons. The first-order valence-electron chi connectivity index (χ1n) is 7.42. The maximum Gasteiger partial charge on any atom is 0.340 e. The largest absolute Gasteiger partial charge is 0.453 e. The highest BCUT2D eigenvalue weighted by molar-refractivity contribution is 6.30. The summed E-state index contributed by atoms with van der Waals surface area (Å²) in [6.07, 6.45) is -1.41. The van der Waals surface area contributed by atoms with Gasteiger partial charge in [-0.1, -0.05) is 54.1 Å². The number of hydrogen-bond donors (Lipinski definition) is 2. The van der Waals surface area contributed by atoms with Crippen molar-refractivity contribution >= 4 is 23.5 Å². The minimum atomic E-state index is -1.41. The molecule has 126 valence electrons. The van der Waals surface area contributed by atoms with E-state index in [2.05, 4.69) is 5.32 Å². The summed E-state index contributed by atoms with van der Waals surface area (Å²) in [5, 5.41) is 13.1. The zero-order chi connectivity index (χ0) is 17.5. The Morgan fingerprint density at radius 1 is 1.12 bits per heavy atom. The Bertz CT molecular complexity index is 705. The number of ether oxygens (including phenoxy) is 1. The van der Waals surface area contributed by atoms with Crippen LogP contribution < -0.4 is 5.32 Å². The first kappa shape index (κ1) is 18.0. The normalized spacial score (nSPS) is 13.0. The van der Waals surface area contributed by atoms with E-state index in [1.54, 1.807) is 55.5 Å². The summed E-state index contributed by atoms with van der Waals surface area (Å²) >= 11 is 5.91. The topological polar surface area (TPSA) is 75.6 Å². The molecule has 0 aliphatic heterocycles. The molecule has 6 heteroatoms. The monoisotopic (exact) mass is 347 g/mol. The van der Waals surface area contributed by atoms with Crippen molar-refractivity contribution < 1.29 is 19.4 Å². The van der Waals surface area contributed by atoms with E-state index in [0.29, 0.717) is 10.6 Å². The van der Waals surface area contributed by atoms with E-state index in [1.807, 2.05) is 6.07 Å². The van der Waals surface area contributed by atoms with E-state index < -0.39 is 24.6 Å². The number of rotatable bonds is 6. The lowest BCUT2D eigenvalue weighted by molar-refractivity contribution is -0.157. The third-order valence-electron chi connectivity index (χ3n) is 3.41. The number of hydrogen-bond acceptors (Lipinski definition) is 4. The average Bonchev–Trinajstić information content (AvgIpc) is 2.59. The molecular weight excluding hydrogens is 330 g/mol. The van der Waals surface area contributed by atoms with E-state index >= 15 is 0 Å². The van der Waals surface area contributed by atoms with Gasteiger partial charge in [-0.3, -0.25) is 4.79 Å². The van der Waals surface area contributed by atoms with Crippen molar-refractivity contribution in [3.8, 4) is 0 Å². The van der Waals surface area contributed by atoms with E-state index in [0.717, 1.165) is 5.56 Å². The van der Waals surface area contributed by atoms with Gasteiger partial charge in [-0.25, -0.2) is 4.79 Å². The lowest BCUT2D eigenvalue weighted by Gasteiger charge is -2.15. The van der Waals surface area contributed by atoms with E-state index in [9.17, 15) is 14.7 Å². The SMILES string of the molecule is C[C@@H](NC(=O)COC(=O)[C@@H](O)c1ccccc1)c1cccc(Cl)c1. The summed E-state index contributed by atoms with van der Waals surface area (Å²) in [6.45, 7) is 1.33. The highest BCUT2D eigenvalue weighted by Crippen LogP contribution is 2.17. The van der Waals surface area contributed by atoms with Crippen LogP contribution in [0.3, 0.4) is 0 Å². The molecular formula is C18H18ClNO4. The number of benzene rings is 2. The Morgan fingerprint density at radius 3 is 2.46 bits per heavy atom. The standard InChI is InChI=1S/C18H18ClNO4/c1-12(14-8-5-9-15(19)10-14)20-16(21)11-24-18(23)17(22)13-6-3-2-4-7-13/h2-10,12,17,22H,11H2,1H3,(H,20,21)/t12-,17+/m1/s1. The number of aliphatic hydroxyl groups excluding tert-OH is 1. The van der Waals surface area contributed by atoms with Gasteiger partial charge in [0.1, 0.15) is 0 Å².